The summed E-state index contributed by atoms with van der Waals surface area (Å²) in [4.78, 5) is 11.4. The number of esters is 1. The molecule has 1 aromatic rings. The van der Waals surface area contributed by atoms with Crippen LogP contribution < -0.4 is 0 Å². The summed E-state index contributed by atoms with van der Waals surface area (Å²) in [6.07, 6.45) is 1.48. The first-order valence-electron chi connectivity index (χ1n) is 4.23. The summed E-state index contributed by atoms with van der Waals surface area (Å²) in [5.74, 6) is -0.476. The van der Waals surface area contributed by atoms with Gasteiger partial charge in [-0.15, -0.1) is 0 Å². The molecule has 1 aromatic carbocycles. The predicted octanol–water partition coefficient (Wildman–Crippen LogP) is 1.96. The third-order valence-electron chi connectivity index (χ3n) is 1.73. The maximum atomic E-state index is 11.4. The second-order valence-corrected chi connectivity index (χ2v) is 2.69. The molecule has 0 N–H and O–H groups in total. The van der Waals surface area contributed by atoms with Gasteiger partial charge in [-0.2, -0.15) is 0 Å². The molecule has 0 aliphatic rings. The highest BCUT2D eigenvalue weighted by atomic mass is 16.5. The zero-order valence-electron chi connectivity index (χ0n) is 7.73. The van der Waals surface area contributed by atoms with E-state index in [1.807, 2.05) is 0 Å². The average molecular weight is 191 g/mol. The van der Waals surface area contributed by atoms with Gasteiger partial charge in [0.2, 0.25) is 0 Å². The number of benzene rings is 1. The first-order valence-corrected chi connectivity index (χ1v) is 4.23. The number of carbonyl (C=O) groups is 1. The summed E-state index contributed by atoms with van der Waals surface area (Å²) < 4.78 is 4.82. The number of hydrogen-bond acceptors (Lipinski definition) is 2. The first-order chi connectivity index (χ1) is 6.79. The summed E-state index contributed by atoms with van der Waals surface area (Å²) in [6, 6.07) is 6.62. The molecule has 3 heteroatoms. The summed E-state index contributed by atoms with van der Waals surface area (Å²) >= 11 is 0. The van der Waals surface area contributed by atoms with E-state index in [0.717, 1.165) is 0 Å². The zero-order valence-corrected chi connectivity index (χ0v) is 7.73. The Labute approximate surface area is 82.6 Å². The maximum absolute atomic E-state index is 11.4. The minimum absolute atomic E-state index is 0.159. The lowest BCUT2D eigenvalue weighted by atomic mass is 10.1. The zero-order chi connectivity index (χ0) is 10.4. The van der Waals surface area contributed by atoms with Crippen LogP contribution in [-0.4, -0.2) is 12.6 Å². The van der Waals surface area contributed by atoms with E-state index in [-0.39, 0.29) is 6.61 Å². The predicted molar refractivity (Wildman–Crippen MR) is 51.3 cm³/mol. The van der Waals surface area contributed by atoms with Crippen LogP contribution in [0.25, 0.3) is 0 Å². The van der Waals surface area contributed by atoms with Crippen molar-refractivity contribution in [1.82, 2.24) is 0 Å². The monoisotopic (exact) mass is 191 g/mol. The number of ether oxygens (including phenoxy) is 1. The largest absolute Gasteiger partial charge is 0.458 e. The van der Waals surface area contributed by atoms with Crippen LogP contribution in [0.3, 0.4) is 0 Å². The van der Waals surface area contributed by atoms with Crippen molar-refractivity contribution in [3.05, 3.63) is 48.0 Å². The van der Waals surface area contributed by atoms with Gasteiger partial charge < -0.3 is 4.74 Å². The van der Waals surface area contributed by atoms with Crippen LogP contribution in [0, 0.1) is 0 Å². The van der Waals surface area contributed by atoms with Gasteiger partial charge in [-0.25, -0.2) is 9.90 Å². The summed E-state index contributed by atoms with van der Waals surface area (Å²) in [5, 5.41) is 10.7. The molecule has 0 aliphatic heterocycles. The van der Waals surface area contributed by atoms with Crippen LogP contribution >= 0.6 is 0 Å². The van der Waals surface area contributed by atoms with E-state index in [2.05, 4.69) is 6.58 Å². The van der Waals surface area contributed by atoms with Crippen molar-refractivity contribution in [3.63, 3.8) is 0 Å². The van der Waals surface area contributed by atoms with Crippen LogP contribution in [0.5, 0.6) is 0 Å². The fourth-order valence-electron chi connectivity index (χ4n) is 1.06. The Balaban J connectivity index is 2.82. The van der Waals surface area contributed by atoms with Crippen molar-refractivity contribution in [3.8, 4) is 0 Å². The first kappa shape index (κ1) is 10.5. The van der Waals surface area contributed by atoms with Gasteiger partial charge in [0, 0.05) is 0 Å². The van der Waals surface area contributed by atoms with Gasteiger partial charge >= 0.3 is 5.97 Å². The molecule has 1 rings (SSSR count). The van der Waals surface area contributed by atoms with Crippen LogP contribution in [-0.2, 0) is 16.5 Å². The lowest BCUT2D eigenvalue weighted by Crippen LogP contribution is -2.08. The molecule has 73 valence electrons. The molecule has 0 saturated heterocycles. The van der Waals surface area contributed by atoms with Gasteiger partial charge in [0.05, 0.1) is 5.56 Å². The number of hydrogen-bond donors (Lipinski definition) is 0. The third-order valence-corrected chi connectivity index (χ3v) is 1.73. The minimum Gasteiger partial charge on any atom is -0.458 e. The highest BCUT2D eigenvalue weighted by Crippen LogP contribution is 2.10. The van der Waals surface area contributed by atoms with Gasteiger partial charge in [-0.3, -0.25) is 0 Å². The lowest BCUT2D eigenvalue weighted by molar-refractivity contribution is 0.0544. The van der Waals surface area contributed by atoms with Gasteiger partial charge in [0.15, 0.2) is 0 Å². The lowest BCUT2D eigenvalue weighted by Gasteiger charge is -2.05. The quantitative estimate of drug-likeness (QED) is 0.539. The molecule has 0 aliphatic carbocycles. The van der Waals surface area contributed by atoms with E-state index in [1.165, 1.54) is 6.08 Å². The molecule has 1 radical (unpaired) electrons. The molecule has 0 spiro atoms. The van der Waals surface area contributed by atoms with Crippen molar-refractivity contribution in [2.24, 2.45) is 0 Å². The van der Waals surface area contributed by atoms with Crippen LogP contribution in [0.2, 0.25) is 0 Å². The molecule has 3 nitrogen and oxygen atoms in total. The van der Waals surface area contributed by atoms with E-state index < -0.39 is 12.6 Å². The summed E-state index contributed by atoms with van der Waals surface area (Å²) in [7, 11) is 0. The Morgan fingerprint density at radius 1 is 1.43 bits per heavy atom. The molecular formula is C11H11O3. The van der Waals surface area contributed by atoms with Crippen molar-refractivity contribution in [2.45, 2.75) is 6.61 Å². The van der Waals surface area contributed by atoms with E-state index in [1.54, 1.807) is 24.3 Å². The molecule has 0 atom stereocenters. The van der Waals surface area contributed by atoms with E-state index >= 15 is 0 Å². The standard InChI is InChI=1S/C11H11O3/c1-2-7-14-11(13)10-6-4-3-5-9(10)8-12/h2-6H,1,7-8H2. The maximum Gasteiger partial charge on any atom is 0.338 e. The van der Waals surface area contributed by atoms with Gasteiger partial charge in [-0.1, -0.05) is 30.9 Å². The smallest absolute Gasteiger partial charge is 0.338 e. The SMILES string of the molecule is C=CCOC(=O)c1ccccc1C[O]. The highest BCUT2D eigenvalue weighted by molar-refractivity contribution is 5.91. The Kier molecular flexibility index (Phi) is 3.88. The highest BCUT2D eigenvalue weighted by Gasteiger charge is 2.10. The van der Waals surface area contributed by atoms with Crippen molar-refractivity contribution >= 4 is 5.97 Å². The topological polar surface area (TPSA) is 46.2 Å². The van der Waals surface area contributed by atoms with Crippen molar-refractivity contribution in [1.29, 1.82) is 0 Å². The summed E-state index contributed by atoms with van der Waals surface area (Å²) in [5.41, 5.74) is 0.797. The molecule has 0 bridgehead atoms. The average Bonchev–Trinajstić information content (AvgIpc) is 2.25. The van der Waals surface area contributed by atoms with Crippen LogP contribution in [0.4, 0.5) is 0 Å². The number of carbonyl (C=O) groups excluding carboxylic acids is 1. The molecule has 0 amide bonds. The second kappa shape index (κ2) is 5.19. The van der Waals surface area contributed by atoms with Gasteiger partial charge in [0.25, 0.3) is 0 Å². The molecule has 0 aromatic heterocycles. The Morgan fingerprint density at radius 2 is 2.14 bits per heavy atom. The second-order valence-electron chi connectivity index (χ2n) is 2.69. The number of rotatable bonds is 4. The molecule has 14 heavy (non-hydrogen) atoms. The Morgan fingerprint density at radius 3 is 2.79 bits per heavy atom. The van der Waals surface area contributed by atoms with Gasteiger partial charge in [0.1, 0.15) is 13.2 Å². The molecule has 0 saturated carbocycles. The summed E-state index contributed by atoms with van der Waals surface area (Å²) in [6.45, 7) is 3.17. The van der Waals surface area contributed by atoms with Crippen molar-refractivity contribution < 1.29 is 14.6 Å². The molecule has 0 fully saturated rings. The van der Waals surface area contributed by atoms with Crippen molar-refractivity contribution in [2.75, 3.05) is 6.61 Å². The molecule has 0 unspecified atom stereocenters. The normalized spacial score (nSPS) is 9.50. The third kappa shape index (κ3) is 2.44. The van der Waals surface area contributed by atoms with E-state index in [4.69, 9.17) is 4.74 Å². The van der Waals surface area contributed by atoms with Crippen LogP contribution in [0.15, 0.2) is 36.9 Å². The van der Waals surface area contributed by atoms with E-state index in [9.17, 15) is 9.90 Å². The Hall–Kier alpha value is -1.61. The van der Waals surface area contributed by atoms with E-state index in [0.29, 0.717) is 11.1 Å². The minimum atomic E-state index is -0.476. The van der Waals surface area contributed by atoms with Crippen LogP contribution in [0.1, 0.15) is 15.9 Å². The fourth-order valence-corrected chi connectivity index (χ4v) is 1.06. The Bertz CT molecular complexity index is 331. The molecular weight excluding hydrogens is 180 g/mol. The molecule has 0 heterocycles. The van der Waals surface area contributed by atoms with Gasteiger partial charge in [-0.05, 0) is 11.6 Å². The fraction of sp³-hybridized carbons (Fsp3) is 0.182.